The predicted octanol–water partition coefficient (Wildman–Crippen LogP) is 3.74. The van der Waals surface area contributed by atoms with Crippen molar-refractivity contribution in [3.8, 4) is 5.69 Å². The molecule has 0 fully saturated rings. The van der Waals surface area contributed by atoms with E-state index in [4.69, 9.17) is 0 Å². The SMILES string of the molecule is CNc1nc(Nc2cccc(F)c2)c2cnn(-c3ccccc3)c2n1. The lowest BCUT2D eigenvalue weighted by Gasteiger charge is -2.09. The van der Waals surface area contributed by atoms with Crippen LogP contribution in [0.2, 0.25) is 0 Å². The molecule has 4 aromatic rings. The third-order valence-corrected chi connectivity index (χ3v) is 3.74. The molecule has 0 spiro atoms. The van der Waals surface area contributed by atoms with Crippen LogP contribution in [0.3, 0.4) is 0 Å². The molecular formula is C18H15FN6. The summed E-state index contributed by atoms with van der Waals surface area (Å²) >= 11 is 0. The van der Waals surface area contributed by atoms with Gasteiger partial charge in [-0.2, -0.15) is 15.1 Å². The van der Waals surface area contributed by atoms with Crippen LogP contribution >= 0.6 is 0 Å². The van der Waals surface area contributed by atoms with Crippen molar-refractivity contribution in [2.75, 3.05) is 17.7 Å². The van der Waals surface area contributed by atoms with Gasteiger partial charge in [-0.3, -0.25) is 0 Å². The van der Waals surface area contributed by atoms with Crippen molar-refractivity contribution in [1.29, 1.82) is 0 Å². The lowest BCUT2D eigenvalue weighted by atomic mass is 10.3. The van der Waals surface area contributed by atoms with Crippen LogP contribution in [0.15, 0.2) is 60.8 Å². The maximum absolute atomic E-state index is 13.5. The van der Waals surface area contributed by atoms with Crippen molar-refractivity contribution < 1.29 is 4.39 Å². The lowest BCUT2D eigenvalue weighted by molar-refractivity contribution is 0.628. The highest BCUT2D eigenvalue weighted by Crippen LogP contribution is 2.26. The molecule has 2 heterocycles. The molecule has 0 saturated heterocycles. The average molecular weight is 334 g/mol. The van der Waals surface area contributed by atoms with Crippen molar-refractivity contribution in [1.82, 2.24) is 19.7 Å². The number of nitrogens with one attached hydrogen (secondary N) is 2. The summed E-state index contributed by atoms with van der Waals surface area (Å²) in [5.74, 6) is 0.690. The van der Waals surface area contributed by atoms with E-state index in [1.54, 1.807) is 30.1 Å². The normalized spacial score (nSPS) is 10.8. The van der Waals surface area contributed by atoms with Gasteiger partial charge in [-0.1, -0.05) is 24.3 Å². The largest absolute Gasteiger partial charge is 0.357 e. The van der Waals surface area contributed by atoms with E-state index in [-0.39, 0.29) is 5.82 Å². The minimum absolute atomic E-state index is 0.316. The van der Waals surface area contributed by atoms with E-state index in [0.29, 0.717) is 23.1 Å². The summed E-state index contributed by atoms with van der Waals surface area (Å²) in [5, 5.41) is 11.3. The highest BCUT2D eigenvalue weighted by atomic mass is 19.1. The molecule has 0 amide bonds. The summed E-state index contributed by atoms with van der Waals surface area (Å²) in [5.41, 5.74) is 2.16. The number of halogens is 1. The van der Waals surface area contributed by atoms with E-state index >= 15 is 0 Å². The minimum Gasteiger partial charge on any atom is -0.357 e. The quantitative estimate of drug-likeness (QED) is 0.595. The van der Waals surface area contributed by atoms with Crippen LogP contribution in [0.1, 0.15) is 0 Å². The number of benzene rings is 2. The minimum atomic E-state index is -0.316. The van der Waals surface area contributed by atoms with Gasteiger partial charge in [-0.05, 0) is 30.3 Å². The van der Waals surface area contributed by atoms with E-state index in [2.05, 4.69) is 25.7 Å². The molecule has 0 unspecified atom stereocenters. The maximum Gasteiger partial charge on any atom is 0.226 e. The Bertz CT molecular complexity index is 1030. The van der Waals surface area contributed by atoms with Crippen LogP contribution in [0.25, 0.3) is 16.7 Å². The Balaban J connectivity index is 1.86. The molecule has 4 rings (SSSR count). The second-order valence-corrected chi connectivity index (χ2v) is 5.41. The summed E-state index contributed by atoms with van der Waals surface area (Å²) in [7, 11) is 1.75. The van der Waals surface area contributed by atoms with Crippen LogP contribution in [0.4, 0.5) is 21.8 Å². The molecule has 6 nitrogen and oxygen atoms in total. The van der Waals surface area contributed by atoms with Gasteiger partial charge in [0.05, 0.1) is 17.3 Å². The van der Waals surface area contributed by atoms with Crippen LogP contribution in [-0.4, -0.2) is 26.8 Å². The van der Waals surface area contributed by atoms with Gasteiger partial charge in [0.1, 0.15) is 11.6 Å². The zero-order valence-corrected chi connectivity index (χ0v) is 13.4. The fourth-order valence-corrected chi connectivity index (χ4v) is 2.58. The number of anilines is 3. The maximum atomic E-state index is 13.5. The highest BCUT2D eigenvalue weighted by molar-refractivity contribution is 5.90. The van der Waals surface area contributed by atoms with Crippen molar-refractivity contribution in [2.24, 2.45) is 0 Å². The molecule has 0 atom stereocenters. The molecular weight excluding hydrogens is 319 g/mol. The van der Waals surface area contributed by atoms with Gasteiger partial charge in [-0.15, -0.1) is 0 Å². The van der Waals surface area contributed by atoms with Gasteiger partial charge in [0.2, 0.25) is 5.95 Å². The van der Waals surface area contributed by atoms with Crippen LogP contribution < -0.4 is 10.6 Å². The Labute approximate surface area is 143 Å². The third kappa shape index (κ3) is 2.87. The van der Waals surface area contributed by atoms with Crippen LogP contribution in [0.5, 0.6) is 0 Å². The number of aromatic nitrogens is 4. The Kier molecular flexibility index (Phi) is 3.74. The first-order chi connectivity index (χ1) is 12.2. The fraction of sp³-hybridized carbons (Fsp3) is 0.0556. The summed E-state index contributed by atoms with van der Waals surface area (Å²) in [6.45, 7) is 0. The highest BCUT2D eigenvalue weighted by Gasteiger charge is 2.14. The molecule has 124 valence electrons. The second-order valence-electron chi connectivity index (χ2n) is 5.41. The molecule has 0 aliphatic heterocycles. The van der Waals surface area contributed by atoms with Gasteiger partial charge in [0.25, 0.3) is 0 Å². The third-order valence-electron chi connectivity index (χ3n) is 3.74. The first kappa shape index (κ1) is 15.1. The monoisotopic (exact) mass is 334 g/mol. The predicted molar refractivity (Wildman–Crippen MR) is 95.9 cm³/mol. The van der Waals surface area contributed by atoms with Gasteiger partial charge in [0.15, 0.2) is 5.65 Å². The Morgan fingerprint density at radius 3 is 2.60 bits per heavy atom. The van der Waals surface area contributed by atoms with Gasteiger partial charge >= 0.3 is 0 Å². The smallest absolute Gasteiger partial charge is 0.226 e. The zero-order valence-electron chi connectivity index (χ0n) is 13.4. The van der Waals surface area contributed by atoms with E-state index in [1.807, 2.05) is 30.3 Å². The average Bonchev–Trinajstić information content (AvgIpc) is 3.06. The van der Waals surface area contributed by atoms with Crippen molar-refractivity contribution in [3.63, 3.8) is 0 Å². The molecule has 0 saturated carbocycles. The molecule has 0 bridgehead atoms. The summed E-state index contributed by atoms with van der Waals surface area (Å²) in [6, 6.07) is 16.0. The Morgan fingerprint density at radius 2 is 1.84 bits per heavy atom. The molecule has 0 radical (unpaired) electrons. The first-order valence-corrected chi connectivity index (χ1v) is 7.76. The van der Waals surface area contributed by atoms with E-state index < -0.39 is 0 Å². The number of nitrogens with zero attached hydrogens (tertiary/aromatic N) is 4. The molecule has 0 aliphatic carbocycles. The number of hydrogen-bond acceptors (Lipinski definition) is 5. The summed E-state index contributed by atoms with van der Waals surface area (Å²) in [4.78, 5) is 8.96. The van der Waals surface area contributed by atoms with Gasteiger partial charge in [-0.25, -0.2) is 9.07 Å². The molecule has 2 aromatic carbocycles. The molecule has 2 aromatic heterocycles. The van der Waals surface area contributed by atoms with Crippen molar-refractivity contribution >= 4 is 28.5 Å². The zero-order chi connectivity index (χ0) is 17.2. The number of rotatable bonds is 4. The molecule has 2 N–H and O–H groups in total. The molecule has 7 heteroatoms. The standard InChI is InChI=1S/C18H15FN6/c1-20-18-23-16(22-13-7-5-6-12(19)10-13)15-11-21-25(17(15)24-18)14-8-3-2-4-9-14/h2-11H,1H3,(H2,20,22,23,24). The number of hydrogen-bond donors (Lipinski definition) is 2. The summed E-state index contributed by atoms with van der Waals surface area (Å²) < 4.78 is 15.2. The number of para-hydroxylation sites is 1. The van der Waals surface area contributed by atoms with E-state index in [1.165, 1.54) is 12.1 Å². The molecule has 0 aliphatic rings. The van der Waals surface area contributed by atoms with Crippen molar-refractivity contribution in [3.05, 3.63) is 66.6 Å². The van der Waals surface area contributed by atoms with Gasteiger partial charge in [0, 0.05) is 12.7 Å². The van der Waals surface area contributed by atoms with Crippen LogP contribution in [-0.2, 0) is 0 Å². The first-order valence-electron chi connectivity index (χ1n) is 7.76. The second kappa shape index (κ2) is 6.20. The Hall–Kier alpha value is -3.48. The topological polar surface area (TPSA) is 67.7 Å². The van der Waals surface area contributed by atoms with E-state index in [0.717, 1.165) is 11.1 Å². The lowest BCUT2D eigenvalue weighted by Crippen LogP contribution is -2.04. The summed E-state index contributed by atoms with van der Waals surface area (Å²) in [6.07, 6.45) is 1.70. The number of fused-ring (bicyclic) bond motifs is 1. The Morgan fingerprint density at radius 1 is 1.00 bits per heavy atom. The van der Waals surface area contributed by atoms with Crippen molar-refractivity contribution in [2.45, 2.75) is 0 Å². The van der Waals surface area contributed by atoms with Gasteiger partial charge < -0.3 is 10.6 Å². The fourth-order valence-electron chi connectivity index (χ4n) is 2.58. The molecule has 25 heavy (non-hydrogen) atoms. The van der Waals surface area contributed by atoms with E-state index in [9.17, 15) is 4.39 Å². The van der Waals surface area contributed by atoms with Crippen LogP contribution in [0, 0.1) is 5.82 Å².